The molecule has 0 aliphatic carbocycles. The maximum atomic E-state index is 12.3. The molecule has 27 heavy (non-hydrogen) atoms. The average molecular weight is 393 g/mol. The Morgan fingerprint density at radius 2 is 1.96 bits per heavy atom. The van der Waals surface area contributed by atoms with Crippen LogP contribution in [0, 0.1) is 17.0 Å². The van der Waals surface area contributed by atoms with Crippen LogP contribution in [0.4, 0.5) is 11.4 Å². The maximum Gasteiger partial charge on any atom is 0.312 e. The van der Waals surface area contributed by atoms with Crippen molar-refractivity contribution in [2.45, 2.75) is 18.2 Å². The third-order valence-electron chi connectivity index (χ3n) is 3.60. The first kappa shape index (κ1) is 20.3. The SMILES string of the molecule is COc1ccc(S(=O)(=O)NCCC(=O)Nc2cccc(C)c2)cc1[N+](=O)[O-]. The molecule has 144 valence electrons. The number of hydrogen-bond donors (Lipinski definition) is 2. The zero-order chi connectivity index (χ0) is 20.0. The van der Waals surface area contributed by atoms with Crippen LogP contribution in [-0.4, -0.2) is 32.9 Å². The van der Waals surface area contributed by atoms with Crippen LogP contribution in [0.25, 0.3) is 0 Å². The Bertz CT molecular complexity index is 959. The highest BCUT2D eigenvalue weighted by Crippen LogP contribution is 2.29. The third kappa shape index (κ3) is 5.50. The summed E-state index contributed by atoms with van der Waals surface area (Å²) in [7, 11) is -2.75. The molecule has 0 saturated heterocycles. The van der Waals surface area contributed by atoms with Crippen LogP contribution >= 0.6 is 0 Å². The Hall–Kier alpha value is -2.98. The summed E-state index contributed by atoms with van der Waals surface area (Å²) in [5, 5.41) is 13.7. The van der Waals surface area contributed by atoms with Crippen LogP contribution in [0.15, 0.2) is 47.4 Å². The minimum Gasteiger partial charge on any atom is -0.490 e. The monoisotopic (exact) mass is 393 g/mol. The van der Waals surface area contributed by atoms with Crippen molar-refractivity contribution in [1.82, 2.24) is 4.72 Å². The van der Waals surface area contributed by atoms with E-state index in [1.54, 1.807) is 18.2 Å². The molecule has 0 saturated carbocycles. The Morgan fingerprint density at radius 1 is 1.22 bits per heavy atom. The minimum atomic E-state index is -4.01. The van der Waals surface area contributed by atoms with Gasteiger partial charge in [-0.05, 0) is 36.8 Å². The quantitative estimate of drug-likeness (QED) is 0.523. The summed E-state index contributed by atoms with van der Waals surface area (Å²) in [6.07, 6.45) is -0.0918. The molecule has 0 fully saturated rings. The van der Waals surface area contributed by atoms with E-state index in [-0.39, 0.29) is 29.5 Å². The predicted molar refractivity (Wildman–Crippen MR) is 99.3 cm³/mol. The van der Waals surface area contributed by atoms with Crippen molar-refractivity contribution >= 4 is 27.3 Å². The van der Waals surface area contributed by atoms with Gasteiger partial charge in [-0.25, -0.2) is 13.1 Å². The molecule has 2 rings (SSSR count). The molecule has 2 aromatic carbocycles. The van der Waals surface area contributed by atoms with Crippen molar-refractivity contribution < 1.29 is 22.9 Å². The molecule has 2 aromatic rings. The van der Waals surface area contributed by atoms with Crippen molar-refractivity contribution in [3.05, 3.63) is 58.1 Å². The normalized spacial score (nSPS) is 11.0. The molecule has 0 aliphatic rings. The average Bonchev–Trinajstić information content (AvgIpc) is 2.60. The number of ether oxygens (including phenoxy) is 1. The zero-order valence-electron chi connectivity index (χ0n) is 14.8. The van der Waals surface area contributed by atoms with Crippen molar-refractivity contribution in [3.63, 3.8) is 0 Å². The maximum absolute atomic E-state index is 12.3. The van der Waals surface area contributed by atoms with Gasteiger partial charge in [0.25, 0.3) is 0 Å². The lowest BCUT2D eigenvalue weighted by molar-refractivity contribution is -0.386. The van der Waals surface area contributed by atoms with Gasteiger partial charge in [-0.15, -0.1) is 0 Å². The van der Waals surface area contributed by atoms with Gasteiger partial charge in [0.2, 0.25) is 15.9 Å². The van der Waals surface area contributed by atoms with Crippen LogP contribution < -0.4 is 14.8 Å². The molecule has 1 amide bonds. The predicted octanol–water partition coefficient (Wildman–Crippen LogP) is 2.22. The molecule has 2 N–H and O–H groups in total. The number of nitro groups is 1. The lowest BCUT2D eigenvalue weighted by Crippen LogP contribution is -2.28. The molecule has 0 atom stereocenters. The summed E-state index contributed by atoms with van der Waals surface area (Å²) >= 11 is 0. The molecular weight excluding hydrogens is 374 g/mol. The lowest BCUT2D eigenvalue weighted by Gasteiger charge is -2.09. The number of sulfonamides is 1. The van der Waals surface area contributed by atoms with Crippen molar-refractivity contribution in [2.75, 3.05) is 19.0 Å². The van der Waals surface area contributed by atoms with Gasteiger partial charge in [0.1, 0.15) is 0 Å². The van der Waals surface area contributed by atoms with Crippen LogP contribution in [0.3, 0.4) is 0 Å². The fourth-order valence-corrected chi connectivity index (χ4v) is 3.36. The number of nitrogens with one attached hydrogen (secondary N) is 2. The molecular formula is C17H19N3O6S. The number of rotatable bonds is 8. The number of nitro benzene ring substituents is 1. The van der Waals surface area contributed by atoms with Gasteiger partial charge in [0, 0.05) is 24.7 Å². The first-order valence-corrected chi connectivity index (χ1v) is 9.40. The van der Waals surface area contributed by atoms with Crippen LogP contribution in [-0.2, 0) is 14.8 Å². The highest BCUT2D eigenvalue weighted by molar-refractivity contribution is 7.89. The Kier molecular flexibility index (Phi) is 6.48. The van der Waals surface area contributed by atoms with Gasteiger partial charge < -0.3 is 10.1 Å². The molecule has 0 unspecified atom stereocenters. The summed E-state index contributed by atoms with van der Waals surface area (Å²) in [5.41, 5.74) is 1.14. The van der Waals surface area contributed by atoms with Crippen molar-refractivity contribution in [2.24, 2.45) is 0 Å². The van der Waals surface area contributed by atoms with Crippen LogP contribution in [0.1, 0.15) is 12.0 Å². The number of nitrogens with zero attached hydrogens (tertiary/aromatic N) is 1. The van der Waals surface area contributed by atoms with E-state index >= 15 is 0 Å². The van der Waals surface area contributed by atoms with E-state index in [1.807, 2.05) is 13.0 Å². The van der Waals surface area contributed by atoms with E-state index in [2.05, 4.69) is 10.0 Å². The lowest BCUT2D eigenvalue weighted by atomic mass is 10.2. The van der Waals surface area contributed by atoms with Crippen molar-refractivity contribution in [3.8, 4) is 5.75 Å². The first-order chi connectivity index (χ1) is 12.7. The van der Waals surface area contributed by atoms with Gasteiger partial charge in [-0.2, -0.15) is 0 Å². The number of carbonyl (C=O) groups excluding carboxylic acids is 1. The number of methoxy groups -OCH3 is 1. The van der Waals surface area contributed by atoms with E-state index in [0.29, 0.717) is 5.69 Å². The molecule has 0 radical (unpaired) electrons. The van der Waals surface area contributed by atoms with Gasteiger partial charge in [-0.3, -0.25) is 14.9 Å². The molecule has 0 bridgehead atoms. The highest BCUT2D eigenvalue weighted by atomic mass is 32.2. The topological polar surface area (TPSA) is 128 Å². The smallest absolute Gasteiger partial charge is 0.312 e. The van der Waals surface area contributed by atoms with E-state index in [9.17, 15) is 23.3 Å². The Morgan fingerprint density at radius 3 is 2.59 bits per heavy atom. The zero-order valence-corrected chi connectivity index (χ0v) is 15.6. The number of anilines is 1. The van der Waals surface area contributed by atoms with Crippen molar-refractivity contribution in [1.29, 1.82) is 0 Å². The van der Waals surface area contributed by atoms with E-state index in [0.717, 1.165) is 11.6 Å². The number of amides is 1. The molecule has 10 heteroatoms. The first-order valence-electron chi connectivity index (χ1n) is 7.91. The molecule has 9 nitrogen and oxygen atoms in total. The van der Waals surface area contributed by atoms with Gasteiger partial charge >= 0.3 is 5.69 Å². The molecule has 0 aromatic heterocycles. The largest absolute Gasteiger partial charge is 0.490 e. The van der Waals surface area contributed by atoms with E-state index < -0.39 is 20.6 Å². The third-order valence-corrected chi connectivity index (χ3v) is 5.06. The number of aryl methyl sites for hydroxylation is 1. The van der Waals surface area contributed by atoms with E-state index in [4.69, 9.17) is 4.74 Å². The molecule has 0 heterocycles. The van der Waals surface area contributed by atoms with Gasteiger partial charge in [0.15, 0.2) is 5.75 Å². The summed E-state index contributed by atoms with van der Waals surface area (Å²) in [6, 6.07) is 10.5. The second kappa shape index (κ2) is 8.60. The molecule has 0 aliphatic heterocycles. The molecule has 0 spiro atoms. The number of benzene rings is 2. The van der Waals surface area contributed by atoms with E-state index in [1.165, 1.54) is 19.2 Å². The van der Waals surface area contributed by atoms with Gasteiger partial charge in [0.05, 0.1) is 16.9 Å². The second-order valence-electron chi connectivity index (χ2n) is 5.66. The fraction of sp³-hybridized carbons (Fsp3) is 0.235. The second-order valence-corrected chi connectivity index (χ2v) is 7.42. The number of hydrogen-bond acceptors (Lipinski definition) is 6. The summed E-state index contributed by atoms with van der Waals surface area (Å²) in [5.74, 6) is -0.402. The standard InChI is InChI=1S/C17H19N3O6S/c1-12-4-3-5-13(10-12)19-17(21)8-9-18-27(24,25)14-6-7-16(26-2)15(11-14)20(22)23/h3-7,10-11,18H,8-9H2,1-2H3,(H,19,21). The highest BCUT2D eigenvalue weighted by Gasteiger charge is 2.22. The minimum absolute atomic E-state index is 0.0449. The Balaban J connectivity index is 1.99. The number of carbonyl (C=O) groups is 1. The summed E-state index contributed by atoms with van der Waals surface area (Å²) in [4.78, 5) is 21.9. The Labute approximate surface area is 156 Å². The van der Waals surface area contributed by atoms with Gasteiger partial charge in [-0.1, -0.05) is 12.1 Å². The van der Waals surface area contributed by atoms with Crippen LogP contribution in [0.2, 0.25) is 0 Å². The van der Waals surface area contributed by atoms with Crippen LogP contribution in [0.5, 0.6) is 5.75 Å². The summed E-state index contributed by atoms with van der Waals surface area (Å²) < 4.78 is 31.7. The fourth-order valence-electron chi connectivity index (χ4n) is 2.31. The summed E-state index contributed by atoms with van der Waals surface area (Å²) in [6.45, 7) is 1.73.